The molecule has 7 atom stereocenters. The van der Waals surface area contributed by atoms with Crippen molar-refractivity contribution in [3.8, 4) is 0 Å². The first-order chi connectivity index (χ1) is 11.5. The highest BCUT2D eigenvalue weighted by atomic mass is 16.6. The van der Waals surface area contributed by atoms with Gasteiger partial charge in [0.15, 0.2) is 18.6 Å². The zero-order valence-corrected chi connectivity index (χ0v) is 13.0. The lowest BCUT2D eigenvalue weighted by atomic mass is 10.1. The summed E-state index contributed by atoms with van der Waals surface area (Å²) in [5.74, 6) is 0.288. The number of ether oxygens (including phenoxy) is 1. The van der Waals surface area contributed by atoms with Crippen LogP contribution in [-0.4, -0.2) is 99.6 Å². The molecule has 0 aromatic heterocycles. The summed E-state index contributed by atoms with van der Waals surface area (Å²) in [4.78, 5) is 25.8. The summed E-state index contributed by atoms with van der Waals surface area (Å²) in [7, 11) is 0. The summed E-state index contributed by atoms with van der Waals surface area (Å²) in [6.07, 6.45) is -3.62. The van der Waals surface area contributed by atoms with Crippen LogP contribution in [-0.2, 0) is 9.53 Å². The van der Waals surface area contributed by atoms with E-state index in [1.54, 1.807) is 6.92 Å². The lowest BCUT2D eigenvalue weighted by molar-refractivity contribution is -0.156. The van der Waals surface area contributed by atoms with Gasteiger partial charge in [0.2, 0.25) is 6.41 Å². The summed E-state index contributed by atoms with van der Waals surface area (Å²) in [6.45, 7) is 1.90. The molecule has 0 spiro atoms. The molecular formula is C13H20N6O5. The second kappa shape index (κ2) is 6.43. The Hall–Kier alpha value is -2.08. The van der Waals surface area contributed by atoms with Crippen LogP contribution in [0.3, 0.4) is 0 Å². The number of amides is 1. The molecule has 1 fully saturated rings. The number of aliphatic hydroxyl groups is 3. The van der Waals surface area contributed by atoms with Crippen LogP contribution in [0.25, 0.3) is 0 Å². The Morgan fingerprint density at radius 1 is 1.46 bits per heavy atom. The molecule has 11 nitrogen and oxygen atoms in total. The third-order valence-corrected chi connectivity index (χ3v) is 4.38. The van der Waals surface area contributed by atoms with Crippen LogP contribution >= 0.6 is 0 Å². The van der Waals surface area contributed by atoms with Gasteiger partial charge in [-0.3, -0.25) is 9.79 Å². The van der Waals surface area contributed by atoms with Crippen LogP contribution in [0.15, 0.2) is 15.0 Å². The Labute approximate surface area is 137 Å². The molecule has 1 saturated heterocycles. The molecular weight excluding hydrogens is 320 g/mol. The van der Waals surface area contributed by atoms with Crippen LogP contribution < -0.4 is 5.73 Å². The number of fused-ring (bicyclic) bond motifs is 1. The number of hydrogen-bond donors (Lipinski definition) is 4. The fourth-order valence-electron chi connectivity index (χ4n) is 3.00. The molecule has 0 aliphatic carbocycles. The van der Waals surface area contributed by atoms with E-state index in [4.69, 9.17) is 10.5 Å². The smallest absolute Gasteiger partial charge is 0.211 e. The molecule has 24 heavy (non-hydrogen) atoms. The van der Waals surface area contributed by atoms with E-state index in [1.807, 2.05) is 0 Å². The summed E-state index contributed by atoms with van der Waals surface area (Å²) in [5, 5.41) is 30.7. The molecule has 3 rings (SSSR count). The van der Waals surface area contributed by atoms with Gasteiger partial charge in [-0.05, 0) is 6.92 Å². The average molecular weight is 340 g/mol. The number of carbonyl (C=O) groups excluding carboxylic acids is 1. The lowest BCUT2D eigenvalue weighted by Crippen LogP contribution is -2.51. The normalized spacial score (nSPS) is 38.8. The monoisotopic (exact) mass is 340 g/mol. The molecule has 11 heteroatoms. The standard InChI is InChI=1S/C13H20N6O5/c1-2-18(5-20)12(23)9-7(21)8(22)13(24-9)19-4-17-6-10(14)15-3-16-11(6)19/h3-9,11-13,21-23H,2H2,1H3,(H2,14,15,16)/t6?,7-,8+,9-,11?,12?,13+/m0/s1. The van der Waals surface area contributed by atoms with Gasteiger partial charge in [-0.15, -0.1) is 0 Å². The molecule has 0 aromatic rings. The Morgan fingerprint density at radius 2 is 2.21 bits per heavy atom. The van der Waals surface area contributed by atoms with E-state index < -0.39 is 43.0 Å². The number of nitrogens with zero attached hydrogens (tertiary/aromatic N) is 5. The summed E-state index contributed by atoms with van der Waals surface area (Å²) in [6, 6.07) is -0.492. The third-order valence-electron chi connectivity index (χ3n) is 4.38. The Kier molecular flexibility index (Phi) is 4.49. The quantitative estimate of drug-likeness (QED) is 0.301. The predicted molar refractivity (Wildman–Crippen MR) is 83.1 cm³/mol. The molecule has 3 aliphatic rings. The number of amidine groups is 1. The van der Waals surface area contributed by atoms with Gasteiger partial charge in [0.25, 0.3) is 0 Å². The SMILES string of the molecule is CCN(C=O)C(O)[C@H]1O[C@@H](N2C=NC3C(N)=NC=NC32)[C@H](O)[C@@H]1O. The zero-order valence-electron chi connectivity index (χ0n) is 13.0. The zero-order chi connectivity index (χ0) is 17.4. The average Bonchev–Trinajstić information content (AvgIpc) is 3.12. The second-order valence-electron chi connectivity index (χ2n) is 5.71. The van der Waals surface area contributed by atoms with Crippen molar-refractivity contribution in [2.45, 2.75) is 49.9 Å². The van der Waals surface area contributed by atoms with E-state index in [9.17, 15) is 20.1 Å². The molecule has 0 bridgehead atoms. The van der Waals surface area contributed by atoms with Crippen molar-refractivity contribution >= 4 is 24.9 Å². The fraction of sp³-hybridized carbons (Fsp3) is 0.692. The van der Waals surface area contributed by atoms with Gasteiger partial charge in [-0.2, -0.15) is 0 Å². The van der Waals surface area contributed by atoms with Crippen molar-refractivity contribution < 1.29 is 24.9 Å². The van der Waals surface area contributed by atoms with Crippen LogP contribution in [0.4, 0.5) is 0 Å². The lowest BCUT2D eigenvalue weighted by Gasteiger charge is -2.32. The van der Waals surface area contributed by atoms with Gasteiger partial charge in [0, 0.05) is 6.54 Å². The van der Waals surface area contributed by atoms with E-state index in [1.165, 1.54) is 17.6 Å². The second-order valence-corrected chi connectivity index (χ2v) is 5.71. The van der Waals surface area contributed by atoms with E-state index in [0.29, 0.717) is 6.41 Å². The minimum absolute atomic E-state index is 0.227. The van der Waals surface area contributed by atoms with Crippen molar-refractivity contribution in [1.82, 2.24) is 9.80 Å². The summed E-state index contributed by atoms with van der Waals surface area (Å²) >= 11 is 0. The fourth-order valence-corrected chi connectivity index (χ4v) is 3.00. The number of carbonyl (C=O) groups is 1. The van der Waals surface area contributed by atoms with Gasteiger partial charge in [-0.1, -0.05) is 0 Å². The number of likely N-dealkylation sites (N-methyl/N-ethyl adjacent to an activating group) is 1. The summed E-state index contributed by atoms with van der Waals surface area (Å²) in [5.41, 5.74) is 5.77. The first-order valence-corrected chi connectivity index (χ1v) is 7.55. The number of nitrogens with two attached hydrogens (primary N) is 1. The van der Waals surface area contributed by atoms with Crippen LogP contribution in [0.2, 0.25) is 0 Å². The Balaban J connectivity index is 1.76. The largest absolute Gasteiger partial charge is 0.387 e. The molecule has 0 aromatic carbocycles. The van der Waals surface area contributed by atoms with Crippen LogP contribution in [0.5, 0.6) is 0 Å². The Bertz CT molecular complexity index is 583. The molecule has 5 N–H and O–H groups in total. The third kappa shape index (κ3) is 2.55. The van der Waals surface area contributed by atoms with Gasteiger partial charge >= 0.3 is 0 Å². The molecule has 0 radical (unpaired) electrons. The van der Waals surface area contributed by atoms with Crippen LogP contribution in [0.1, 0.15) is 6.92 Å². The highest BCUT2D eigenvalue weighted by molar-refractivity contribution is 5.96. The van der Waals surface area contributed by atoms with E-state index in [2.05, 4.69) is 15.0 Å². The van der Waals surface area contributed by atoms with E-state index >= 15 is 0 Å². The van der Waals surface area contributed by atoms with Crippen molar-refractivity contribution in [2.24, 2.45) is 20.7 Å². The molecule has 0 saturated carbocycles. The highest BCUT2D eigenvalue weighted by Gasteiger charge is 2.52. The minimum Gasteiger partial charge on any atom is -0.387 e. The molecule has 132 valence electrons. The first-order valence-electron chi connectivity index (χ1n) is 7.55. The number of aliphatic imine (C=N–C) groups is 3. The van der Waals surface area contributed by atoms with Crippen molar-refractivity contribution in [2.75, 3.05) is 6.54 Å². The molecule has 3 aliphatic heterocycles. The van der Waals surface area contributed by atoms with Crippen LogP contribution in [0, 0.1) is 0 Å². The van der Waals surface area contributed by atoms with E-state index in [0.717, 1.165) is 4.90 Å². The molecule has 3 heterocycles. The molecule has 1 amide bonds. The number of aliphatic hydroxyl groups excluding tert-OH is 3. The topological polar surface area (TPSA) is 157 Å². The maximum absolute atomic E-state index is 11.0. The van der Waals surface area contributed by atoms with Crippen molar-refractivity contribution in [1.29, 1.82) is 0 Å². The molecule has 3 unspecified atom stereocenters. The number of rotatable bonds is 5. The van der Waals surface area contributed by atoms with Gasteiger partial charge in [-0.25, -0.2) is 9.98 Å². The minimum atomic E-state index is -1.39. The Morgan fingerprint density at radius 3 is 2.88 bits per heavy atom. The van der Waals surface area contributed by atoms with Crippen molar-refractivity contribution in [3.05, 3.63) is 0 Å². The maximum atomic E-state index is 11.0. The van der Waals surface area contributed by atoms with Gasteiger partial charge < -0.3 is 35.6 Å². The summed E-state index contributed by atoms with van der Waals surface area (Å²) < 4.78 is 5.63. The highest BCUT2D eigenvalue weighted by Crippen LogP contribution is 2.31. The van der Waals surface area contributed by atoms with Gasteiger partial charge in [0.05, 0.1) is 6.34 Å². The first kappa shape index (κ1) is 16.8. The maximum Gasteiger partial charge on any atom is 0.211 e. The number of hydrogen-bond acceptors (Lipinski definition) is 10. The predicted octanol–water partition coefficient (Wildman–Crippen LogP) is -3.33. The van der Waals surface area contributed by atoms with Crippen molar-refractivity contribution in [3.63, 3.8) is 0 Å². The van der Waals surface area contributed by atoms with Gasteiger partial charge in [0.1, 0.15) is 36.5 Å². The van der Waals surface area contributed by atoms with E-state index in [-0.39, 0.29) is 12.4 Å².